The third-order valence-electron chi connectivity index (χ3n) is 6.49. The smallest absolute Gasteiger partial charge is 0.410 e. The van der Waals surface area contributed by atoms with Gasteiger partial charge in [-0.1, -0.05) is 66.3 Å². The molecule has 2 atom stereocenters. The number of carbonyl (C=O) groups excluding carboxylic acids is 1. The van der Waals surface area contributed by atoms with Crippen molar-refractivity contribution >= 4 is 6.09 Å². The molecule has 5 rings (SSSR count). The summed E-state index contributed by atoms with van der Waals surface area (Å²) in [5.41, 5.74) is 6.36. The van der Waals surface area contributed by atoms with Gasteiger partial charge in [0, 0.05) is 5.92 Å². The molecule has 1 fully saturated rings. The van der Waals surface area contributed by atoms with E-state index in [0.717, 1.165) is 19.3 Å². The minimum absolute atomic E-state index is 0.0343. The Labute approximate surface area is 177 Å². The normalized spacial score (nSPS) is 22.1. The van der Waals surface area contributed by atoms with Gasteiger partial charge in [-0.2, -0.15) is 0 Å². The highest BCUT2D eigenvalue weighted by molar-refractivity contribution is 5.79. The van der Waals surface area contributed by atoms with Crippen molar-refractivity contribution in [1.29, 1.82) is 0 Å². The Balaban J connectivity index is 1.32. The summed E-state index contributed by atoms with van der Waals surface area (Å²) < 4.78 is 11.6. The molecule has 30 heavy (non-hydrogen) atoms. The molecule has 0 saturated carbocycles. The standard InChI is InChI=1S/C26H27NO3/c1-2-3-8-18-13-19-15-29-16-20(14-18)27(19)26(28)30-17-25-23-11-6-4-9-21(23)22-10-5-7-12-24(22)25/h2,4-7,9-13,19-20,25H,1,3,8,14-17H2. The molecule has 1 aliphatic carbocycles. The Morgan fingerprint density at radius 3 is 2.47 bits per heavy atom. The van der Waals surface area contributed by atoms with Gasteiger partial charge in [0.25, 0.3) is 0 Å². The van der Waals surface area contributed by atoms with Crippen molar-refractivity contribution in [3.05, 3.63) is 84.0 Å². The Hall–Kier alpha value is -2.85. The van der Waals surface area contributed by atoms with Crippen molar-refractivity contribution in [3.63, 3.8) is 0 Å². The fourth-order valence-electron chi connectivity index (χ4n) is 5.11. The second kappa shape index (κ2) is 8.11. The lowest BCUT2D eigenvalue weighted by Crippen LogP contribution is -2.56. The molecule has 154 valence electrons. The van der Waals surface area contributed by atoms with Gasteiger partial charge < -0.3 is 9.47 Å². The van der Waals surface area contributed by atoms with Crippen LogP contribution in [0.15, 0.2) is 72.8 Å². The minimum Gasteiger partial charge on any atom is -0.448 e. The Morgan fingerprint density at radius 2 is 1.80 bits per heavy atom. The van der Waals surface area contributed by atoms with Gasteiger partial charge in [-0.05, 0) is 41.5 Å². The lowest BCUT2D eigenvalue weighted by molar-refractivity contribution is -0.0365. The number of carbonyl (C=O) groups is 1. The number of hydrogen-bond donors (Lipinski definition) is 0. The van der Waals surface area contributed by atoms with Crippen molar-refractivity contribution in [1.82, 2.24) is 4.90 Å². The molecule has 3 aliphatic rings. The van der Waals surface area contributed by atoms with Gasteiger partial charge in [-0.3, -0.25) is 4.90 Å². The topological polar surface area (TPSA) is 38.8 Å². The molecule has 0 radical (unpaired) electrons. The second-order valence-corrected chi connectivity index (χ2v) is 8.33. The van der Waals surface area contributed by atoms with Crippen LogP contribution in [0.1, 0.15) is 36.3 Å². The van der Waals surface area contributed by atoms with Gasteiger partial charge in [0.2, 0.25) is 0 Å². The van der Waals surface area contributed by atoms with Crippen LogP contribution in [0.3, 0.4) is 0 Å². The third-order valence-corrected chi connectivity index (χ3v) is 6.49. The number of morpholine rings is 1. The first-order valence-corrected chi connectivity index (χ1v) is 10.8. The number of rotatable bonds is 5. The highest BCUT2D eigenvalue weighted by atomic mass is 16.6. The predicted octanol–water partition coefficient (Wildman–Crippen LogP) is 5.30. The number of benzene rings is 2. The van der Waals surface area contributed by atoms with E-state index in [1.807, 2.05) is 11.0 Å². The van der Waals surface area contributed by atoms with Crippen LogP contribution in [0.5, 0.6) is 0 Å². The van der Waals surface area contributed by atoms with E-state index in [4.69, 9.17) is 9.47 Å². The van der Waals surface area contributed by atoms with Crippen LogP contribution in [-0.2, 0) is 9.47 Å². The largest absolute Gasteiger partial charge is 0.448 e. The average molecular weight is 402 g/mol. The summed E-state index contributed by atoms with van der Waals surface area (Å²) in [6.45, 7) is 5.29. The number of ether oxygens (including phenoxy) is 2. The summed E-state index contributed by atoms with van der Waals surface area (Å²) in [5, 5.41) is 0. The molecule has 4 nitrogen and oxygen atoms in total. The lowest BCUT2D eigenvalue weighted by Gasteiger charge is -2.44. The van der Waals surface area contributed by atoms with Crippen molar-refractivity contribution in [3.8, 4) is 11.1 Å². The molecule has 2 heterocycles. The van der Waals surface area contributed by atoms with Gasteiger partial charge in [0.1, 0.15) is 6.61 Å². The van der Waals surface area contributed by atoms with Crippen LogP contribution in [0.4, 0.5) is 4.79 Å². The molecule has 2 aromatic rings. The van der Waals surface area contributed by atoms with Crippen molar-refractivity contribution < 1.29 is 14.3 Å². The van der Waals surface area contributed by atoms with Crippen LogP contribution in [-0.4, -0.2) is 42.9 Å². The molecule has 0 N–H and O–H groups in total. The zero-order chi connectivity index (χ0) is 20.5. The summed E-state index contributed by atoms with van der Waals surface area (Å²) in [6.07, 6.45) is 6.75. The lowest BCUT2D eigenvalue weighted by atomic mass is 9.92. The summed E-state index contributed by atoms with van der Waals surface area (Å²) in [4.78, 5) is 15.0. The summed E-state index contributed by atoms with van der Waals surface area (Å²) in [5.74, 6) is 0.0842. The average Bonchev–Trinajstić information content (AvgIpc) is 3.09. The minimum atomic E-state index is -0.228. The number of hydrogen-bond acceptors (Lipinski definition) is 3. The first kappa shape index (κ1) is 19.1. The zero-order valence-electron chi connectivity index (χ0n) is 17.1. The Bertz CT molecular complexity index is 950. The number of amides is 1. The quantitative estimate of drug-likeness (QED) is 0.638. The molecule has 2 aromatic carbocycles. The van der Waals surface area contributed by atoms with Crippen molar-refractivity contribution in [2.75, 3.05) is 19.8 Å². The maximum absolute atomic E-state index is 13.1. The van der Waals surface area contributed by atoms with Crippen molar-refractivity contribution in [2.45, 2.75) is 37.3 Å². The Kier molecular flexibility index (Phi) is 5.17. The molecular weight excluding hydrogens is 374 g/mol. The monoisotopic (exact) mass is 401 g/mol. The Morgan fingerprint density at radius 1 is 1.10 bits per heavy atom. The van der Waals surface area contributed by atoms with Gasteiger partial charge in [0.05, 0.1) is 25.3 Å². The molecule has 2 unspecified atom stereocenters. The van der Waals surface area contributed by atoms with E-state index >= 15 is 0 Å². The van der Waals surface area contributed by atoms with Crippen molar-refractivity contribution in [2.24, 2.45) is 0 Å². The van der Waals surface area contributed by atoms with E-state index in [1.54, 1.807) is 0 Å². The molecule has 1 saturated heterocycles. The molecule has 2 bridgehead atoms. The van der Waals surface area contributed by atoms with E-state index in [9.17, 15) is 4.79 Å². The first-order chi connectivity index (χ1) is 14.8. The van der Waals surface area contributed by atoms with Crippen LogP contribution in [0.2, 0.25) is 0 Å². The van der Waals surface area contributed by atoms with Crippen LogP contribution in [0.25, 0.3) is 11.1 Å². The van der Waals surface area contributed by atoms with E-state index in [0.29, 0.717) is 19.8 Å². The van der Waals surface area contributed by atoms with Crippen LogP contribution in [0, 0.1) is 0 Å². The molecule has 1 amide bonds. The van der Waals surface area contributed by atoms with E-state index < -0.39 is 0 Å². The number of fused-ring (bicyclic) bond motifs is 5. The summed E-state index contributed by atoms with van der Waals surface area (Å²) in [7, 11) is 0. The zero-order valence-corrected chi connectivity index (χ0v) is 17.1. The molecule has 4 heteroatoms. The maximum Gasteiger partial charge on any atom is 0.410 e. The SMILES string of the molecule is C=CCCC1=CC2COCC(C1)N2C(=O)OCC1c2ccccc2-c2ccccc21. The molecule has 0 aromatic heterocycles. The van der Waals surface area contributed by atoms with Gasteiger partial charge in [-0.15, -0.1) is 6.58 Å². The summed E-state index contributed by atoms with van der Waals surface area (Å²) >= 11 is 0. The fourth-order valence-corrected chi connectivity index (χ4v) is 5.11. The first-order valence-electron chi connectivity index (χ1n) is 10.8. The van der Waals surface area contributed by atoms with Gasteiger partial charge in [0.15, 0.2) is 0 Å². The summed E-state index contributed by atoms with van der Waals surface area (Å²) in [6, 6.07) is 16.9. The molecule has 0 spiro atoms. The van der Waals surface area contributed by atoms with E-state index in [-0.39, 0.29) is 24.1 Å². The van der Waals surface area contributed by atoms with Gasteiger partial charge in [-0.25, -0.2) is 4.79 Å². The third kappa shape index (κ3) is 3.35. The highest BCUT2D eigenvalue weighted by Gasteiger charge is 2.39. The number of nitrogens with zero attached hydrogens (tertiary/aromatic N) is 1. The van der Waals surface area contributed by atoms with E-state index in [2.05, 4.69) is 61.2 Å². The van der Waals surface area contributed by atoms with Crippen LogP contribution >= 0.6 is 0 Å². The number of allylic oxidation sites excluding steroid dienone is 1. The van der Waals surface area contributed by atoms with Gasteiger partial charge >= 0.3 is 6.09 Å². The van der Waals surface area contributed by atoms with Crippen LogP contribution < -0.4 is 0 Å². The predicted molar refractivity (Wildman–Crippen MR) is 117 cm³/mol. The highest BCUT2D eigenvalue weighted by Crippen LogP contribution is 2.44. The second-order valence-electron chi connectivity index (χ2n) is 8.33. The van der Waals surface area contributed by atoms with E-state index in [1.165, 1.54) is 27.8 Å². The molecular formula is C26H27NO3. The fraction of sp³-hybridized carbons (Fsp3) is 0.346. The maximum atomic E-state index is 13.1. The molecule has 2 aliphatic heterocycles.